The fraction of sp³-hybridized carbons (Fsp3) is 0.125. The number of thioether (sulfide) groups is 1. The zero-order valence-corrected chi connectivity index (χ0v) is 19.4. The SMILES string of the molecule is COc1ccc(NCc2nnc(SCC(=O)Nc3ccccc3)n2-c2ccc(Cl)cc2)cc1. The summed E-state index contributed by atoms with van der Waals surface area (Å²) in [5, 5.41) is 16.2. The number of ether oxygens (including phenoxy) is 1. The van der Waals surface area contributed by atoms with Crippen molar-refractivity contribution in [3.8, 4) is 11.4 Å². The summed E-state index contributed by atoms with van der Waals surface area (Å²) in [7, 11) is 1.64. The number of hydrogen-bond donors (Lipinski definition) is 2. The summed E-state index contributed by atoms with van der Waals surface area (Å²) in [5.41, 5.74) is 2.55. The van der Waals surface area contributed by atoms with Crippen LogP contribution >= 0.6 is 23.4 Å². The minimum atomic E-state index is -0.116. The molecular weight excluding hydrogens is 458 g/mol. The maximum absolute atomic E-state index is 12.4. The van der Waals surface area contributed by atoms with Gasteiger partial charge < -0.3 is 15.4 Å². The van der Waals surface area contributed by atoms with Crippen molar-refractivity contribution < 1.29 is 9.53 Å². The molecule has 0 aliphatic rings. The van der Waals surface area contributed by atoms with E-state index in [1.165, 1.54) is 11.8 Å². The van der Waals surface area contributed by atoms with E-state index in [9.17, 15) is 4.79 Å². The summed E-state index contributed by atoms with van der Waals surface area (Å²) in [6.07, 6.45) is 0. The largest absolute Gasteiger partial charge is 0.497 e. The molecule has 0 spiro atoms. The highest BCUT2D eigenvalue weighted by Gasteiger charge is 2.16. The number of rotatable bonds is 9. The predicted octanol–water partition coefficient (Wildman–Crippen LogP) is 5.27. The Hall–Kier alpha value is -3.49. The van der Waals surface area contributed by atoms with E-state index in [1.807, 2.05) is 83.4 Å². The monoisotopic (exact) mass is 479 g/mol. The van der Waals surface area contributed by atoms with Crippen molar-refractivity contribution in [1.29, 1.82) is 0 Å². The van der Waals surface area contributed by atoms with Crippen LogP contribution in [0.3, 0.4) is 0 Å². The first-order chi connectivity index (χ1) is 16.1. The lowest BCUT2D eigenvalue weighted by atomic mass is 10.3. The molecule has 0 saturated carbocycles. The van der Waals surface area contributed by atoms with Crippen LogP contribution in [0.1, 0.15) is 5.82 Å². The van der Waals surface area contributed by atoms with Gasteiger partial charge in [-0.25, -0.2) is 0 Å². The molecule has 4 aromatic rings. The van der Waals surface area contributed by atoms with Crippen LogP contribution in [0.5, 0.6) is 5.75 Å². The van der Waals surface area contributed by atoms with Gasteiger partial charge in [0.1, 0.15) is 5.75 Å². The van der Waals surface area contributed by atoms with E-state index in [0.29, 0.717) is 22.5 Å². The third-order valence-corrected chi connectivity index (χ3v) is 5.90. The Labute approximate surface area is 201 Å². The number of amides is 1. The van der Waals surface area contributed by atoms with Crippen molar-refractivity contribution in [1.82, 2.24) is 14.8 Å². The number of carbonyl (C=O) groups excluding carboxylic acids is 1. The van der Waals surface area contributed by atoms with E-state index in [4.69, 9.17) is 16.3 Å². The fourth-order valence-corrected chi connectivity index (χ4v) is 3.99. The maximum Gasteiger partial charge on any atom is 0.234 e. The normalized spacial score (nSPS) is 10.6. The van der Waals surface area contributed by atoms with Gasteiger partial charge in [-0.15, -0.1) is 10.2 Å². The van der Waals surface area contributed by atoms with Gasteiger partial charge in [0.25, 0.3) is 0 Å². The average molecular weight is 480 g/mol. The van der Waals surface area contributed by atoms with Crippen LogP contribution in [-0.2, 0) is 11.3 Å². The van der Waals surface area contributed by atoms with Crippen molar-refractivity contribution in [2.75, 3.05) is 23.5 Å². The number of halogens is 1. The first-order valence-corrected chi connectivity index (χ1v) is 11.5. The Balaban J connectivity index is 1.50. The minimum Gasteiger partial charge on any atom is -0.497 e. The molecule has 0 saturated heterocycles. The number of nitrogens with zero attached hydrogens (tertiary/aromatic N) is 3. The number of methoxy groups -OCH3 is 1. The van der Waals surface area contributed by atoms with Crippen LogP contribution in [0.2, 0.25) is 5.02 Å². The zero-order valence-electron chi connectivity index (χ0n) is 17.9. The van der Waals surface area contributed by atoms with E-state index in [2.05, 4.69) is 20.8 Å². The summed E-state index contributed by atoms with van der Waals surface area (Å²) >= 11 is 7.40. The lowest BCUT2D eigenvalue weighted by Crippen LogP contribution is -2.14. The average Bonchev–Trinajstić information content (AvgIpc) is 3.25. The number of nitrogens with one attached hydrogen (secondary N) is 2. The van der Waals surface area contributed by atoms with Crippen LogP contribution in [-0.4, -0.2) is 33.5 Å². The highest BCUT2D eigenvalue weighted by atomic mass is 35.5. The van der Waals surface area contributed by atoms with Crippen LogP contribution in [0, 0.1) is 0 Å². The quantitative estimate of drug-likeness (QED) is 0.318. The Morgan fingerprint density at radius 3 is 2.39 bits per heavy atom. The number of hydrogen-bond acceptors (Lipinski definition) is 6. The fourth-order valence-electron chi connectivity index (χ4n) is 3.10. The lowest BCUT2D eigenvalue weighted by molar-refractivity contribution is -0.113. The molecule has 1 aromatic heterocycles. The molecule has 0 aliphatic carbocycles. The molecule has 3 aromatic carbocycles. The Morgan fingerprint density at radius 1 is 0.970 bits per heavy atom. The standard InChI is InChI=1S/C24H22ClN5O2S/c1-32-21-13-9-18(10-14-21)26-15-22-28-29-24(30(22)20-11-7-17(25)8-12-20)33-16-23(31)27-19-5-3-2-4-6-19/h2-14,26H,15-16H2,1H3,(H,27,31). The van der Waals surface area contributed by atoms with Gasteiger partial charge in [-0.3, -0.25) is 9.36 Å². The van der Waals surface area contributed by atoms with E-state index in [0.717, 1.165) is 22.8 Å². The van der Waals surface area contributed by atoms with Gasteiger partial charge in [0.15, 0.2) is 11.0 Å². The summed E-state index contributed by atoms with van der Waals surface area (Å²) < 4.78 is 7.13. The van der Waals surface area contributed by atoms with Crippen molar-refractivity contribution in [3.05, 3.63) is 89.7 Å². The first kappa shape index (κ1) is 22.7. The molecule has 0 fully saturated rings. The Bertz CT molecular complexity index is 1200. The van der Waals surface area contributed by atoms with Crippen LogP contribution in [0.15, 0.2) is 84.0 Å². The topological polar surface area (TPSA) is 81.1 Å². The van der Waals surface area contributed by atoms with Gasteiger partial charge in [0.2, 0.25) is 5.91 Å². The molecule has 1 amide bonds. The molecular formula is C24H22ClN5O2S. The second kappa shape index (κ2) is 10.9. The zero-order chi connectivity index (χ0) is 23.0. The highest BCUT2D eigenvalue weighted by Crippen LogP contribution is 2.24. The van der Waals surface area contributed by atoms with Crippen molar-refractivity contribution >= 4 is 40.6 Å². The van der Waals surface area contributed by atoms with Crippen molar-refractivity contribution in [3.63, 3.8) is 0 Å². The smallest absolute Gasteiger partial charge is 0.234 e. The Kier molecular flexibility index (Phi) is 7.49. The van der Waals surface area contributed by atoms with E-state index in [-0.39, 0.29) is 11.7 Å². The molecule has 1 heterocycles. The van der Waals surface area contributed by atoms with E-state index in [1.54, 1.807) is 7.11 Å². The lowest BCUT2D eigenvalue weighted by Gasteiger charge is -2.12. The van der Waals surface area contributed by atoms with Crippen molar-refractivity contribution in [2.45, 2.75) is 11.7 Å². The maximum atomic E-state index is 12.4. The number of carbonyl (C=O) groups is 1. The molecule has 2 N–H and O–H groups in total. The minimum absolute atomic E-state index is 0.116. The summed E-state index contributed by atoms with van der Waals surface area (Å²) in [6, 6.07) is 24.4. The Morgan fingerprint density at radius 2 is 1.70 bits per heavy atom. The summed E-state index contributed by atoms with van der Waals surface area (Å²) in [5.74, 6) is 1.58. The number of benzene rings is 3. The van der Waals surface area contributed by atoms with Gasteiger partial charge >= 0.3 is 0 Å². The summed E-state index contributed by atoms with van der Waals surface area (Å²) in [4.78, 5) is 12.4. The van der Waals surface area contributed by atoms with Crippen LogP contribution in [0.4, 0.5) is 11.4 Å². The van der Waals surface area contributed by atoms with Crippen LogP contribution < -0.4 is 15.4 Å². The van der Waals surface area contributed by atoms with Gasteiger partial charge in [-0.1, -0.05) is 41.6 Å². The predicted molar refractivity (Wildman–Crippen MR) is 132 cm³/mol. The third-order valence-electron chi connectivity index (χ3n) is 4.72. The molecule has 7 nitrogen and oxygen atoms in total. The molecule has 33 heavy (non-hydrogen) atoms. The molecule has 0 unspecified atom stereocenters. The number of aromatic nitrogens is 3. The van der Waals surface area contributed by atoms with Gasteiger partial charge in [0.05, 0.1) is 19.4 Å². The molecule has 0 radical (unpaired) electrons. The summed E-state index contributed by atoms with van der Waals surface area (Å²) in [6.45, 7) is 0.443. The number of anilines is 2. The second-order valence-electron chi connectivity index (χ2n) is 7.00. The van der Waals surface area contributed by atoms with Gasteiger partial charge in [0, 0.05) is 22.1 Å². The highest BCUT2D eigenvalue weighted by molar-refractivity contribution is 7.99. The van der Waals surface area contributed by atoms with E-state index >= 15 is 0 Å². The molecule has 4 rings (SSSR count). The molecule has 0 bridgehead atoms. The van der Waals surface area contributed by atoms with Gasteiger partial charge in [-0.05, 0) is 60.7 Å². The van der Waals surface area contributed by atoms with Crippen molar-refractivity contribution in [2.24, 2.45) is 0 Å². The molecule has 168 valence electrons. The van der Waals surface area contributed by atoms with E-state index < -0.39 is 0 Å². The van der Waals surface area contributed by atoms with Crippen LogP contribution in [0.25, 0.3) is 5.69 Å². The molecule has 0 aliphatic heterocycles. The third kappa shape index (κ3) is 6.06. The van der Waals surface area contributed by atoms with Gasteiger partial charge in [-0.2, -0.15) is 0 Å². The second-order valence-corrected chi connectivity index (χ2v) is 8.37. The number of para-hydroxylation sites is 1. The molecule has 0 atom stereocenters. The molecule has 9 heteroatoms. The first-order valence-electron chi connectivity index (χ1n) is 10.2.